The van der Waals surface area contributed by atoms with Crippen molar-refractivity contribution in [3.8, 4) is 0 Å². The molecule has 2 unspecified atom stereocenters. The molecule has 0 aromatic rings. The smallest absolute Gasteiger partial charge is 0.457 e. The van der Waals surface area contributed by atoms with Gasteiger partial charge in [0.1, 0.15) is 19.3 Å². The van der Waals surface area contributed by atoms with E-state index in [9.17, 15) is 14.3 Å². The Hall–Kier alpha value is -1.80. The van der Waals surface area contributed by atoms with E-state index in [4.69, 9.17) is 18.5 Å². The summed E-state index contributed by atoms with van der Waals surface area (Å²) in [5, 5.41) is 0. The van der Waals surface area contributed by atoms with E-state index in [-0.39, 0.29) is 25.8 Å². The van der Waals surface area contributed by atoms with Crippen LogP contribution in [0.3, 0.4) is 0 Å². The number of hydrogen-bond donors (Lipinski definition) is 1. The SMILES string of the molecule is CC/C=C\C/C=C\C/C=C\C/C=C\CCCCCCCCCCC(=O)OC(COCCCCCCCCCCCC/C=C\CCCCCCCC)COP(=O)(O)OCC[N+](C)(C)C. The van der Waals surface area contributed by atoms with Gasteiger partial charge in [0, 0.05) is 13.0 Å². The molecule has 0 saturated heterocycles. The fourth-order valence-corrected chi connectivity index (χ4v) is 7.81. The lowest BCUT2D eigenvalue weighted by atomic mass is 10.1. The maximum absolute atomic E-state index is 12.8. The van der Waals surface area contributed by atoms with Crippen LogP contribution in [0, 0.1) is 0 Å². The maximum Gasteiger partial charge on any atom is 0.472 e. The monoisotopic (exact) mass is 907 g/mol. The standard InChI is InChI=1S/C54H100NO7P/c1-6-8-10-12-14-16-18-20-22-24-26-28-29-31-33-35-37-39-41-43-45-47-54(56)62-53(52-61-63(57,58)60-50-48-55(3,4)5)51-59-49-46-44-42-40-38-36-34-32-30-27-25-23-21-19-17-15-13-11-9-7-2/h8,10,14,16,20-23,26,28,53H,6-7,9,11-13,15,17-19,24-25,27,29-52H2,1-5H3/p+1/b10-8-,16-14-,22-20-,23-21-,28-26-. The van der Waals surface area contributed by atoms with E-state index in [2.05, 4.69) is 74.6 Å². The number of phosphoric acid groups is 1. The third kappa shape index (κ3) is 51.1. The van der Waals surface area contributed by atoms with E-state index in [0.717, 1.165) is 64.2 Å². The van der Waals surface area contributed by atoms with Crippen molar-refractivity contribution in [2.24, 2.45) is 0 Å². The number of allylic oxidation sites excluding steroid dienone is 10. The Balaban J connectivity index is 4.16. The molecule has 8 nitrogen and oxygen atoms in total. The zero-order valence-corrected chi connectivity index (χ0v) is 42.7. The minimum atomic E-state index is -4.29. The molecule has 0 fully saturated rings. The van der Waals surface area contributed by atoms with Crippen LogP contribution < -0.4 is 0 Å². The first-order valence-electron chi connectivity index (χ1n) is 26.0. The van der Waals surface area contributed by atoms with E-state index in [0.29, 0.717) is 24.1 Å². The Labute approximate surface area is 390 Å². The number of carbonyl (C=O) groups is 1. The molecule has 2 atom stereocenters. The second-order valence-electron chi connectivity index (χ2n) is 18.5. The van der Waals surface area contributed by atoms with Gasteiger partial charge in [-0.3, -0.25) is 13.8 Å². The molecule has 0 heterocycles. The summed E-state index contributed by atoms with van der Waals surface area (Å²) in [5.74, 6) is -0.322. The Morgan fingerprint density at radius 3 is 1.40 bits per heavy atom. The van der Waals surface area contributed by atoms with Gasteiger partial charge in [-0.15, -0.1) is 0 Å². The van der Waals surface area contributed by atoms with Crippen LogP contribution in [0.2, 0.25) is 0 Å². The van der Waals surface area contributed by atoms with Crippen molar-refractivity contribution in [3.63, 3.8) is 0 Å². The summed E-state index contributed by atoms with van der Waals surface area (Å²) >= 11 is 0. The van der Waals surface area contributed by atoms with Crippen molar-refractivity contribution in [2.75, 3.05) is 54.1 Å². The third-order valence-electron chi connectivity index (χ3n) is 11.1. The molecule has 9 heteroatoms. The van der Waals surface area contributed by atoms with Gasteiger partial charge in [-0.1, -0.05) is 197 Å². The number of phosphoric ester groups is 1. The summed E-state index contributed by atoms with van der Waals surface area (Å²) in [6.07, 6.45) is 59.8. The molecule has 368 valence electrons. The summed E-state index contributed by atoms with van der Waals surface area (Å²) in [6.45, 7) is 5.51. The second kappa shape index (κ2) is 46.7. The van der Waals surface area contributed by atoms with Crippen LogP contribution in [-0.4, -0.2) is 75.6 Å². The van der Waals surface area contributed by atoms with E-state index in [1.165, 1.54) is 135 Å². The maximum atomic E-state index is 12.8. The van der Waals surface area contributed by atoms with Gasteiger partial charge >= 0.3 is 13.8 Å². The molecule has 0 aliphatic rings. The Bertz CT molecular complexity index is 1190. The van der Waals surface area contributed by atoms with Gasteiger partial charge in [0.2, 0.25) is 0 Å². The predicted octanol–water partition coefficient (Wildman–Crippen LogP) is 16.1. The molecule has 0 aromatic heterocycles. The van der Waals surface area contributed by atoms with E-state index >= 15 is 0 Å². The fourth-order valence-electron chi connectivity index (χ4n) is 7.07. The number of likely N-dealkylation sites (N-methyl/N-ethyl adjacent to an activating group) is 1. The number of hydrogen-bond acceptors (Lipinski definition) is 6. The van der Waals surface area contributed by atoms with Crippen molar-refractivity contribution >= 4 is 13.8 Å². The first-order chi connectivity index (χ1) is 30.6. The normalized spacial score (nSPS) is 14.1. The molecule has 0 aliphatic carbocycles. The highest BCUT2D eigenvalue weighted by molar-refractivity contribution is 7.47. The molecule has 0 radical (unpaired) electrons. The molecule has 0 amide bonds. The molecule has 0 spiro atoms. The first kappa shape index (κ1) is 61.2. The largest absolute Gasteiger partial charge is 0.472 e. The summed E-state index contributed by atoms with van der Waals surface area (Å²) in [5.41, 5.74) is 0. The van der Waals surface area contributed by atoms with Crippen molar-refractivity contribution in [3.05, 3.63) is 60.8 Å². The lowest BCUT2D eigenvalue weighted by Gasteiger charge is -2.24. The zero-order chi connectivity index (χ0) is 46.2. The van der Waals surface area contributed by atoms with Gasteiger partial charge in [-0.2, -0.15) is 0 Å². The molecule has 0 saturated carbocycles. The van der Waals surface area contributed by atoms with Crippen molar-refractivity contribution in [2.45, 2.75) is 225 Å². The predicted molar refractivity (Wildman–Crippen MR) is 270 cm³/mol. The van der Waals surface area contributed by atoms with Crippen molar-refractivity contribution < 1.29 is 37.3 Å². The van der Waals surface area contributed by atoms with Crippen LogP contribution in [-0.2, 0) is 27.9 Å². The van der Waals surface area contributed by atoms with Gasteiger partial charge in [0.25, 0.3) is 0 Å². The second-order valence-corrected chi connectivity index (χ2v) is 20.0. The minimum absolute atomic E-state index is 0.0848. The number of nitrogens with zero attached hydrogens (tertiary/aromatic N) is 1. The summed E-state index contributed by atoms with van der Waals surface area (Å²) in [4.78, 5) is 23.0. The molecule has 0 aliphatic heterocycles. The highest BCUT2D eigenvalue weighted by Gasteiger charge is 2.26. The highest BCUT2D eigenvalue weighted by Crippen LogP contribution is 2.43. The van der Waals surface area contributed by atoms with Crippen LogP contribution in [0.1, 0.15) is 219 Å². The number of quaternary nitrogens is 1. The third-order valence-corrected chi connectivity index (χ3v) is 12.0. The van der Waals surface area contributed by atoms with Crippen LogP contribution in [0.5, 0.6) is 0 Å². The van der Waals surface area contributed by atoms with Gasteiger partial charge < -0.3 is 18.9 Å². The Morgan fingerprint density at radius 2 is 0.921 bits per heavy atom. The number of unbranched alkanes of at least 4 members (excludes halogenated alkanes) is 24. The van der Waals surface area contributed by atoms with Crippen molar-refractivity contribution in [1.29, 1.82) is 0 Å². The molecule has 0 aromatic carbocycles. The summed E-state index contributed by atoms with van der Waals surface area (Å²) in [7, 11) is 1.66. The topological polar surface area (TPSA) is 91.3 Å². The van der Waals surface area contributed by atoms with Gasteiger partial charge in [-0.05, 0) is 77.0 Å². The number of esters is 1. The average Bonchev–Trinajstić information content (AvgIpc) is 3.24. The molecular formula is C54H101NO7P+. The van der Waals surface area contributed by atoms with Crippen molar-refractivity contribution in [1.82, 2.24) is 0 Å². The first-order valence-corrected chi connectivity index (χ1v) is 27.5. The fraction of sp³-hybridized carbons (Fsp3) is 0.796. The Kier molecular flexibility index (Phi) is 45.4. The molecule has 63 heavy (non-hydrogen) atoms. The summed E-state index contributed by atoms with van der Waals surface area (Å²) < 4.78 is 35.2. The van der Waals surface area contributed by atoms with Gasteiger partial charge in [0.15, 0.2) is 0 Å². The molecule has 1 N–H and O–H groups in total. The highest BCUT2D eigenvalue weighted by atomic mass is 31.2. The van der Waals surface area contributed by atoms with Crippen LogP contribution in [0.4, 0.5) is 0 Å². The number of rotatable bonds is 48. The molecule has 0 rings (SSSR count). The molecular weight excluding hydrogens is 806 g/mol. The zero-order valence-electron chi connectivity index (χ0n) is 41.8. The quantitative estimate of drug-likeness (QED) is 0.0214. The summed E-state index contributed by atoms with van der Waals surface area (Å²) in [6, 6.07) is 0. The van der Waals surface area contributed by atoms with Crippen LogP contribution in [0.15, 0.2) is 60.8 Å². The average molecular weight is 907 g/mol. The lowest BCUT2D eigenvalue weighted by molar-refractivity contribution is -0.870. The minimum Gasteiger partial charge on any atom is -0.457 e. The number of carbonyl (C=O) groups excluding carboxylic acids is 1. The number of ether oxygens (including phenoxy) is 2. The van der Waals surface area contributed by atoms with Crippen LogP contribution >= 0.6 is 7.82 Å². The lowest BCUT2D eigenvalue weighted by Crippen LogP contribution is -2.37. The molecule has 0 bridgehead atoms. The van der Waals surface area contributed by atoms with E-state index in [1.807, 2.05) is 21.1 Å². The van der Waals surface area contributed by atoms with Gasteiger partial charge in [-0.25, -0.2) is 4.57 Å². The van der Waals surface area contributed by atoms with Gasteiger partial charge in [0.05, 0.1) is 34.4 Å². The van der Waals surface area contributed by atoms with E-state index in [1.54, 1.807) is 0 Å². The Morgan fingerprint density at radius 1 is 0.508 bits per heavy atom. The van der Waals surface area contributed by atoms with E-state index < -0.39 is 13.9 Å². The van der Waals surface area contributed by atoms with Crippen LogP contribution in [0.25, 0.3) is 0 Å².